The molecule has 3 nitrogen and oxygen atoms in total. The molecule has 3 rings (SSSR count). The molecule has 2 heterocycles. The zero-order chi connectivity index (χ0) is 14.1. The van der Waals surface area contributed by atoms with Gasteiger partial charge in [-0.25, -0.2) is 4.39 Å². The van der Waals surface area contributed by atoms with Gasteiger partial charge in [0.05, 0.1) is 23.1 Å². The Morgan fingerprint density at radius 3 is 2.80 bits per heavy atom. The number of aliphatic imine (C=N–C) groups is 1. The molecule has 1 aliphatic heterocycles. The van der Waals surface area contributed by atoms with Crippen LogP contribution in [-0.4, -0.2) is 21.7 Å². The Kier molecular flexibility index (Phi) is 3.28. The molecule has 1 aromatic carbocycles. The summed E-state index contributed by atoms with van der Waals surface area (Å²) in [5.41, 5.74) is 2.40. The Morgan fingerprint density at radius 2 is 2.05 bits per heavy atom. The van der Waals surface area contributed by atoms with Crippen molar-refractivity contribution in [2.45, 2.75) is 13.0 Å². The van der Waals surface area contributed by atoms with Gasteiger partial charge in [0.2, 0.25) is 0 Å². The number of nitrogens with one attached hydrogen (secondary N) is 1. The van der Waals surface area contributed by atoms with E-state index >= 15 is 0 Å². The van der Waals surface area contributed by atoms with Crippen LogP contribution >= 0.6 is 12.2 Å². The lowest BCUT2D eigenvalue weighted by Gasteiger charge is -2.10. The molecular formula is C15H12FN3S. The molecule has 1 aliphatic rings. The van der Waals surface area contributed by atoms with E-state index in [-0.39, 0.29) is 11.9 Å². The highest BCUT2D eigenvalue weighted by Crippen LogP contribution is 2.26. The smallest absolute Gasteiger partial charge is 0.147 e. The summed E-state index contributed by atoms with van der Waals surface area (Å²) < 4.78 is 14.0. The zero-order valence-corrected chi connectivity index (χ0v) is 11.6. The fourth-order valence-electron chi connectivity index (χ4n) is 2.10. The number of pyridine rings is 1. The van der Waals surface area contributed by atoms with E-state index in [1.165, 1.54) is 6.07 Å². The van der Waals surface area contributed by atoms with Crippen molar-refractivity contribution in [3.05, 3.63) is 59.7 Å². The minimum absolute atomic E-state index is 0.228. The average molecular weight is 285 g/mol. The Labute approximate surface area is 121 Å². The molecule has 0 aliphatic carbocycles. The van der Waals surface area contributed by atoms with Crippen LogP contribution in [0, 0.1) is 5.82 Å². The number of thiocarbonyl (C=S) groups is 1. The van der Waals surface area contributed by atoms with Crippen LogP contribution in [-0.2, 0) is 0 Å². The standard InChI is InChI=1S/C15H12FN3S/c1-9-15(20)19-13-10(5-4-6-11(13)16)14(18-9)12-7-2-3-8-17-12/h2-9H,1H3,(H,19,20). The molecule has 0 bridgehead atoms. The molecule has 0 fully saturated rings. The average Bonchev–Trinajstić information content (AvgIpc) is 2.59. The van der Waals surface area contributed by atoms with Crippen LogP contribution in [0.4, 0.5) is 10.1 Å². The summed E-state index contributed by atoms with van der Waals surface area (Å²) in [5.74, 6) is -0.345. The first kappa shape index (κ1) is 12.9. The van der Waals surface area contributed by atoms with Crippen LogP contribution in [0.2, 0.25) is 0 Å². The van der Waals surface area contributed by atoms with E-state index in [1.54, 1.807) is 12.3 Å². The molecule has 1 unspecified atom stereocenters. The molecule has 5 heteroatoms. The van der Waals surface area contributed by atoms with Gasteiger partial charge in [0.1, 0.15) is 10.8 Å². The van der Waals surface area contributed by atoms with Gasteiger partial charge in [-0.2, -0.15) is 0 Å². The summed E-state index contributed by atoms with van der Waals surface area (Å²) in [6.45, 7) is 1.88. The maximum absolute atomic E-state index is 14.0. The van der Waals surface area contributed by atoms with Gasteiger partial charge >= 0.3 is 0 Å². The van der Waals surface area contributed by atoms with Crippen LogP contribution in [0.15, 0.2) is 47.6 Å². The van der Waals surface area contributed by atoms with E-state index in [4.69, 9.17) is 12.2 Å². The molecule has 0 radical (unpaired) electrons. The summed E-state index contributed by atoms with van der Waals surface area (Å²) in [7, 11) is 0. The predicted molar refractivity (Wildman–Crippen MR) is 82.0 cm³/mol. The quantitative estimate of drug-likeness (QED) is 0.818. The predicted octanol–water partition coefficient (Wildman–Crippen LogP) is 3.20. The van der Waals surface area contributed by atoms with Gasteiger partial charge in [-0.3, -0.25) is 9.98 Å². The first-order valence-electron chi connectivity index (χ1n) is 6.26. The lowest BCUT2D eigenvalue weighted by molar-refractivity contribution is 0.632. The van der Waals surface area contributed by atoms with Gasteiger partial charge in [-0.05, 0) is 25.1 Å². The van der Waals surface area contributed by atoms with E-state index in [2.05, 4.69) is 15.3 Å². The topological polar surface area (TPSA) is 37.3 Å². The number of hydrogen-bond acceptors (Lipinski definition) is 3. The van der Waals surface area contributed by atoms with E-state index in [0.29, 0.717) is 27.6 Å². The lowest BCUT2D eigenvalue weighted by atomic mass is 10.0. The number of aromatic nitrogens is 1. The molecular weight excluding hydrogens is 273 g/mol. The van der Waals surface area contributed by atoms with Gasteiger partial charge in [0.15, 0.2) is 0 Å². The van der Waals surface area contributed by atoms with Crippen LogP contribution in [0.3, 0.4) is 0 Å². The van der Waals surface area contributed by atoms with E-state index in [1.807, 2.05) is 31.2 Å². The molecule has 2 aromatic rings. The molecule has 1 N–H and O–H groups in total. The van der Waals surface area contributed by atoms with Crippen molar-refractivity contribution in [3.63, 3.8) is 0 Å². The maximum atomic E-state index is 14.0. The number of para-hydroxylation sites is 1. The number of hydrogen-bond donors (Lipinski definition) is 1. The minimum atomic E-state index is -0.345. The number of anilines is 1. The summed E-state index contributed by atoms with van der Waals surface area (Å²) in [5, 5.41) is 2.95. The third-order valence-corrected chi connectivity index (χ3v) is 3.57. The van der Waals surface area contributed by atoms with Gasteiger partial charge < -0.3 is 5.32 Å². The van der Waals surface area contributed by atoms with E-state index in [9.17, 15) is 4.39 Å². The largest absolute Gasteiger partial charge is 0.345 e. The normalized spacial score (nSPS) is 17.8. The Bertz CT molecular complexity index is 698. The third-order valence-electron chi connectivity index (χ3n) is 3.13. The number of rotatable bonds is 1. The summed E-state index contributed by atoms with van der Waals surface area (Å²) in [6.07, 6.45) is 1.69. The molecule has 100 valence electrons. The SMILES string of the molecule is CC1N=C(c2ccccn2)c2cccc(F)c2NC1=S. The number of benzene rings is 1. The van der Waals surface area contributed by atoms with E-state index < -0.39 is 0 Å². The molecule has 1 aromatic heterocycles. The number of fused-ring (bicyclic) bond motifs is 1. The summed E-state index contributed by atoms with van der Waals surface area (Å²) >= 11 is 5.25. The number of halogens is 1. The lowest BCUT2D eigenvalue weighted by Crippen LogP contribution is -2.20. The summed E-state index contributed by atoms with van der Waals surface area (Å²) in [4.78, 5) is 9.40. The summed E-state index contributed by atoms with van der Waals surface area (Å²) in [6, 6.07) is 10.2. The second-order valence-corrected chi connectivity index (χ2v) is 4.96. The van der Waals surface area contributed by atoms with Gasteiger partial charge in [0, 0.05) is 11.8 Å². The number of benzodiazepines with no additional fused rings is 1. The van der Waals surface area contributed by atoms with Gasteiger partial charge in [-0.1, -0.05) is 30.4 Å². The van der Waals surface area contributed by atoms with Gasteiger partial charge in [0.25, 0.3) is 0 Å². The maximum Gasteiger partial charge on any atom is 0.147 e. The number of nitrogens with zero attached hydrogens (tertiary/aromatic N) is 2. The van der Waals surface area contributed by atoms with Crippen molar-refractivity contribution in [1.29, 1.82) is 0 Å². The van der Waals surface area contributed by atoms with Gasteiger partial charge in [-0.15, -0.1) is 0 Å². The highest BCUT2D eigenvalue weighted by molar-refractivity contribution is 7.80. The van der Waals surface area contributed by atoms with Crippen LogP contribution in [0.1, 0.15) is 18.2 Å². The second kappa shape index (κ2) is 5.09. The first-order valence-corrected chi connectivity index (χ1v) is 6.66. The zero-order valence-electron chi connectivity index (χ0n) is 10.8. The molecule has 20 heavy (non-hydrogen) atoms. The molecule has 0 amide bonds. The monoisotopic (exact) mass is 285 g/mol. The fraction of sp³-hybridized carbons (Fsp3) is 0.133. The van der Waals surface area contributed by atoms with Crippen LogP contribution < -0.4 is 5.32 Å². The van der Waals surface area contributed by atoms with Crippen LogP contribution in [0.5, 0.6) is 0 Å². The van der Waals surface area contributed by atoms with Crippen molar-refractivity contribution in [2.24, 2.45) is 4.99 Å². The van der Waals surface area contributed by atoms with Crippen molar-refractivity contribution in [2.75, 3.05) is 5.32 Å². The molecule has 0 spiro atoms. The second-order valence-electron chi connectivity index (χ2n) is 4.52. The van der Waals surface area contributed by atoms with E-state index in [0.717, 1.165) is 0 Å². The van der Waals surface area contributed by atoms with Crippen molar-refractivity contribution in [1.82, 2.24) is 4.98 Å². The Balaban J connectivity index is 2.25. The first-order chi connectivity index (χ1) is 9.66. The highest BCUT2D eigenvalue weighted by atomic mass is 32.1. The van der Waals surface area contributed by atoms with Crippen molar-refractivity contribution < 1.29 is 4.39 Å². The highest BCUT2D eigenvalue weighted by Gasteiger charge is 2.23. The van der Waals surface area contributed by atoms with Crippen LogP contribution in [0.25, 0.3) is 0 Å². The Morgan fingerprint density at radius 1 is 1.20 bits per heavy atom. The van der Waals surface area contributed by atoms with Crippen molar-refractivity contribution in [3.8, 4) is 0 Å². The van der Waals surface area contributed by atoms with Crippen molar-refractivity contribution >= 4 is 28.6 Å². The molecule has 0 saturated heterocycles. The Hall–Kier alpha value is -2.14. The third kappa shape index (κ3) is 2.20. The minimum Gasteiger partial charge on any atom is -0.345 e. The fourth-order valence-corrected chi connectivity index (χ4v) is 2.26. The molecule has 0 saturated carbocycles. The molecule has 1 atom stereocenters.